The van der Waals surface area contributed by atoms with Crippen molar-refractivity contribution in [1.82, 2.24) is 4.98 Å². The summed E-state index contributed by atoms with van der Waals surface area (Å²) in [6.45, 7) is 6.46. The van der Waals surface area contributed by atoms with Gasteiger partial charge in [-0.25, -0.2) is 4.98 Å². The van der Waals surface area contributed by atoms with Gasteiger partial charge in [0, 0.05) is 11.9 Å². The molecule has 1 amide bonds. The van der Waals surface area contributed by atoms with Gasteiger partial charge in [-0.2, -0.15) is 0 Å². The largest absolute Gasteiger partial charge is 0.480 e. The van der Waals surface area contributed by atoms with Crippen LogP contribution in [-0.4, -0.2) is 18.0 Å². The summed E-state index contributed by atoms with van der Waals surface area (Å²) in [7, 11) is 1.50. The molecule has 0 aliphatic heterocycles. The first-order chi connectivity index (χ1) is 9.91. The molecule has 0 bridgehead atoms. The average molecular weight is 284 g/mol. The van der Waals surface area contributed by atoms with Gasteiger partial charge in [0.1, 0.15) is 5.56 Å². The molecule has 0 aliphatic rings. The Hall–Kier alpha value is -2.36. The van der Waals surface area contributed by atoms with Crippen molar-refractivity contribution in [1.29, 1.82) is 0 Å². The van der Waals surface area contributed by atoms with Crippen LogP contribution in [-0.2, 0) is 5.41 Å². The van der Waals surface area contributed by atoms with Crippen LogP contribution in [0.3, 0.4) is 0 Å². The van der Waals surface area contributed by atoms with Crippen LogP contribution >= 0.6 is 0 Å². The summed E-state index contributed by atoms with van der Waals surface area (Å²) in [5, 5.41) is 2.85. The summed E-state index contributed by atoms with van der Waals surface area (Å²) >= 11 is 0. The molecule has 1 N–H and O–H groups in total. The number of aromatic nitrogens is 1. The highest BCUT2D eigenvalue weighted by molar-refractivity contribution is 6.05. The molecule has 0 fully saturated rings. The number of pyridine rings is 1. The van der Waals surface area contributed by atoms with E-state index in [1.165, 1.54) is 12.7 Å². The number of nitrogens with zero attached hydrogens (tertiary/aromatic N) is 1. The summed E-state index contributed by atoms with van der Waals surface area (Å²) < 4.78 is 5.10. The highest BCUT2D eigenvalue weighted by atomic mass is 16.5. The van der Waals surface area contributed by atoms with Crippen molar-refractivity contribution in [2.24, 2.45) is 0 Å². The fourth-order valence-corrected chi connectivity index (χ4v) is 1.98. The highest BCUT2D eigenvalue weighted by Crippen LogP contribution is 2.24. The fourth-order valence-electron chi connectivity index (χ4n) is 1.98. The second kappa shape index (κ2) is 5.95. The van der Waals surface area contributed by atoms with Crippen LogP contribution < -0.4 is 10.1 Å². The number of hydrogen-bond donors (Lipinski definition) is 1. The Labute approximate surface area is 125 Å². The third-order valence-electron chi connectivity index (χ3n) is 3.22. The van der Waals surface area contributed by atoms with E-state index < -0.39 is 0 Å². The number of carbonyl (C=O) groups is 1. The number of benzene rings is 1. The zero-order valence-electron chi connectivity index (χ0n) is 12.8. The molecule has 2 aromatic rings. The molecule has 4 nitrogen and oxygen atoms in total. The molecule has 1 aromatic carbocycles. The maximum Gasteiger partial charge on any atom is 0.261 e. The Bertz CT molecular complexity index is 628. The molecule has 21 heavy (non-hydrogen) atoms. The van der Waals surface area contributed by atoms with Crippen LogP contribution in [0.5, 0.6) is 5.88 Å². The molecule has 1 heterocycles. The van der Waals surface area contributed by atoms with E-state index in [0.29, 0.717) is 11.4 Å². The van der Waals surface area contributed by atoms with Crippen LogP contribution in [0.25, 0.3) is 0 Å². The third kappa shape index (κ3) is 3.60. The van der Waals surface area contributed by atoms with Crippen LogP contribution in [0.4, 0.5) is 5.69 Å². The number of nitrogens with one attached hydrogen (secondary N) is 1. The van der Waals surface area contributed by atoms with Gasteiger partial charge >= 0.3 is 0 Å². The molecule has 0 spiro atoms. The van der Waals surface area contributed by atoms with E-state index in [1.54, 1.807) is 18.3 Å². The summed E-state index contributed by atoms with van der Waals surface area (Å²) in [6.07, 6.45) is 1.59. The van der Waals surface area contributed by atoms with Gasteiger partial charge in [0.2, 0.25) is 5.88 Å². The van der Waals surface area contributed by atoms with Gasteiger partial charge in [-0.05, 0) is 35.2 Å². The molecule has 0 aliphatic carbocycles. The van der Waals surface area contributed by atoms with Crippen LogP contribution in [0.1, 0.15) is 36.7 Å². The Morgan fingerprint density at radius 2 is 1.81 bits per heavy atom. The number of amides is 1. The maximum atomic E-state index is 12.2. The summed E-state index contributed by atoms with van der Waals surface area (Å²) in [4.78, 5) is 16.3. The predicted molar refractivity (Wildman–Crippen MR) is 83.9 cm³/mol. The monoisotopic (exact) mass is 284 g/mol. The molecule has 0 unspecified atom stereocenters. The second-order valence-electron chi connectivity index (χ2n) is 5.84. The lowest BCUT2D eigenvalue weighted by Gasteiger charge is -2.19. The normalized spacial score (nSPS) is 11.0. The summed E-state index contributed by atoms with van der Waals surface area (Å²) in [5.74, 6) is 0.0878. The Morgan fingerprint density at radius 1 is 1.14 bits per heavy atom. The van der Waals surface area contributed by atoms with E-state index in [9.17, 15) is 4.79 Å². The van der Waals surface area contributed by atoms with Crippen molar-refractivity contribution in [2.45, 2.75) is 26.2 Å². The topological polar surface area (TPSA) is 51.2 Å². The Kier molecular flexibility index (Phi) is 4.26. The first kappa shape index (κ1) is 15.0. The van der Waals surface area contributed by atoms with Crippen molar-refractivity contribution >= 4 is 11.6 Å². The lowest BCUT2D eigenvalue weighted by Crippen LogP contribution is -2.14. The van der Waals surface area contributed by atoms with Crippen molar-refractivity contribution in [3.8, 4) is 5.88 Å². The number of ether oxygens (including phenoxy) is 1. The first-order valence-electron chi connectivity index (χ1n) is 6.83. The van der Waals surface area contributed by atoms with E-state index in [1.807, 2.05) is 24.3 Å². The van der Waals surface area contributed by atoms with E-state index in [2.05, 4.69) is 31.1 Å². The van der Waals surface area contributed by atoms with E-state index in [0.717, 1.165) is 5.69 Å². The van der Waals surface area contributed by atoms with Crippen molar-refractivity contribution in [3.05, 3.63) is 53.7 Å². The lowest BCUT2D eigenvalue weighted by molar-refractivity contribution is 0.102. The van der Waals surface area contributed by atoms with Gasteiger partial charge in [-0.1, -0.05) is 32.9 Å². The SMILES string of the molecule is COc1ncccc1C(=O)Nc1ccc(C(C)(C)C)cc1. The van der Waals surface area contributed by atoms with E-state index >= 15 is 0 Å². The molecule has 1 aromatic heterocycles. The molecular formula is C17H20N2O2. The van der Waals surface area contributed by atoms with E-state index in [-0.39, 0.29) is 11.3 Å². The minimum absolute atomic E-state index is 0.0924. The van der Waals surface area contributed by atoms with Crippen molar-refractivity contribution < 1.29 is 9.53 Å². The molecular weight excluding hydrogens is 264 g/mol. The molecule has 0 saturated heterocycles. The quantitative estimate of drug-likeness (QED) is 0.936. The van der Waals surface area contributed by atoms with Gasteiger partial charge < -0.3 is 10.1 Å². The number of hydrogen-bond acceptors (Lipinski definition) is 3. The molecule has 0 atom stereocenters. The standard InChI is InChI=1S/C17H20N2O2/c1-17(2,3)12-7-9-13(10-8-12)19-15(20)14-6-5-11-18-16(14)21-4/h5-11H,1-4H3,(H,19,20). The van der Waals surface area contributed by atoms with E-state index in [4.69, 9.17) is 4.74 Å². The molecule has 0 radical (unpaired) electrons. The fraction of sp³-hybridized carbons (Fsp3) is 0.294. The summed E-state index contributed by atoms with van der Waals surface area (Å²) in [5.41, 5.74) is 2.48. The number of rotatable bonds is 3. The zero-order chi connectivity index (χ0) is 15.5. The van der Waals surface area contributed by atoms with Crippen molar-refractivity contribution in [3.63, 3.8) is 0 Å². The smallest absolute Gasteiger partial charge is 0.261 e. The Morgan fingerprint density at radius 3 is 2.38 bits per heavy atom. The minimum Gasteiger partial charge on any atom is -0.480 e. The molecule has 110 valence electrons. The average Bonchev–Trinajstić information content (AvgIpc) is 2.46. The summed E-state index contributed by atoms with van der Waals surface area (Å²) in [6, 6.07) is 11.2. The minimum atomic E-state index is -0.233. The Balaban J connectivity index is 2.16. The van der Waals surface area contributed by atoms with Gasteiger partial charge in [0.05, 0.1) is 7.11 Å². The van der Waals surface area contributed by atoms with Gasteiger partial charge in [0.15, 0.2) is 0 Å². The number of anilines is 1. The maximum absolute atomic E-state index is 12.2. The second-order valence-corrected chi connectivity index (χ2v) is 5.84. The van der Waals surface area contributed by atoms with Gasteiger partial charge in [-0.3, -0.25) is 4.79 Å². The van der Waals surface area contributed by atoms with Crippen LogP contribution in [0, 0.1) is 0 Å². The van der Waals surface area contributed by atoms with Crippen molar-refractivity contribution in [2.75, 3.05) is 12.4 Å². The molecule has 4 heteroatoms. The number of methoxy groups -OCH3 is 1. The third-order valence-corrected chi connectivity index (χ3v) is 3.22. The lowest BCUT2D eigenvalue weighted by atomic mass is 9.87. The number of carbonyl (C=O) groups excluding carboxylic acids is 1. The molecule has 0 saturated carbocycles. The highest BCUT2D eigenvalue weighted by Gasteiger charge is 2.15. The molecule has 2 rings (SSSR count). The van der Waals surface area contributed by atoms with Crippen LogP contribution in [0.2, 0.25) is 0 Å². The zero-order valence-corrected chi connectivity index (χ0v) is 12.8. The van der Waals surface area contributed by atoms with Gasteiger partial charge in [0.25, 0.3) is 5.91 Å². The van der Waals surface area contributed by atoms with Gasteiger partial charge in [-0.15, -0.1) is 0 Å². The predicted octanol–water partition coefficient (Wildman–Crippen LogP) is 3.64. The first-order valence-corrected chi connectivity index (χ1v) is 6.83. The van der Waals surface area contributed by atoms with Crippen LogP contribution in [0.15, 0.2) is 42.6 Å².